The monoisotopic (exact) mass is 226 g/mol. The Morgan fingerprint density at radius 3 is 2.47 bits per heavy atom. The second-order valence-corrected chi connectivity index (χ2v) is 4.26. The Balaban J connectivity index is 1.94. The van der Waals surface area contributed by atoms with Crippen LogP contribution >= 0.6 is 11.6 Å². The topological polar surface area (TPSA) is 46.5 Å². The Bertz CT molecular complexity index is 368. The molecule has 0 bridgehead atoms. The van der Waals surface area contributed by atoms with E-state index >= 15 is 0 Å². The maximum atomic E-state index is 10.9. The van der Waals surface area contributed by atoms with Gasteiger partial charge in [0.05, 0.1) is 0 Å². The van der Waals surface area contributed by atoms with Crippen molar-refractivity contribution >= 4 is 17.6 Å². The van der Waals surface area contributed by atoms with Crippen LogP contribution in [0.15, 0.2) is 24.3 Å². The minimum atomic E-state index is -0.767. The summed E-state index contributed by atoms with van der Waals surface area (Å²) < 4.78 is 5.41. The number of carboxylic acid groups (broad SMARTS) is 1. The van der Waals surface area contributed by atoms with Gasteiger partial charge in [-0.2, -0.15) is 0 Å². The van der Waals surface area contributed by atoms with Crippen LogP contribution in [0.2, 0.25) is 5.02 Å². The average molecular weight is 227 g/mol. The number of hydrogen-bond acceptors (Lipinski definition) is 2. The molecule has 80 valence electrons. The summed E-state index contributed by atoms with van der Waals surface area (Å²) in [6, 6.07) is 6.91. The Labute approximate surface area is 92.6 Å². The molecule has 3 nitrogen and oxygen atoms in total. The van der Waals surface area contributed by atoms with E-state index in [-0.39, 0.29) is 6.61 Å². The van der Waals surface area contributed by atoms with E-state index in [1.165, 1.54) is 0 Å². The molecule has 0 amide bonds. The van der Waals surface area contributed by atoms with Gasteiger partial charge in [0.15, 0.2) is 0 Å². The molecule has 1 aliphatic carbocycles. The number of hydrogen-bond donors (Lipinski definition) is 1. The van der Waals surface area contributed by atoms with E-state index in [4.69, 9.17) is 21.4 Å². The van der Waals surface area contributed by atoms with E-state index in [1.54, 1.807) is 24.3 Å². The predicted molar refractivity (Wildman–Crippen MR) is 56.2 cm³/mol. The first kappa shape index (κ1) is 10.3. The molecule has 0 saturated heterocycles. The lowest BCUT2D eigenvalue weighted by atomic mass is 10.1. The number of carboxylic acids is 1. The van der Waals surface area contributed by atoms with Crippen LogP contribution in [0.5, 0.6) is 5.75 Å². The van der Waals surface area contributed by atoms with Gasteiger partial charge in [0.25, 0.3) is 0 Å². The number of carbonyl (C=O) groups is 1. The largest absolute Gasteiger partial charge is 0.492 e. The van der Waals surface area contributed by atoms with Gasteiger partial charge in [0.2, 0.25) is 0 Å². The standard InChI is InChI=1S/C11H11ClO3/c12-8-1-3-9(4-2-8)15-7-11(5-6-11)10(13)14/h1-4H,5-7H2,(H,13,14). The molecule has 2 rings (SSSR count). The van der Waals surface area contributed by atoms with Crippen molar-refractivity contribution in [3.63, 3.8) is 0 Å². The highest BCUT2D eigenvalue weighted by molar-refractivity contribution is 6.30. The molecule has 0 heterocycles. The van der Waals surface area contributed by atoms with Gasteiger partial charge in [-0.15, -0.1) is 0 Å². The summed E-state index contributed by atoms with van der Waals surface area (Å²) in [5, 5.41) is 9.57. The molecular weight excluding hydrogens is 216 g/mol. The first-order valence-electron chi connectivity index (χ1n) is 4.74. The lowest BCUT2D eigenvalue weighted by Crippen LogP contribution is -2.22. The molecule has 0 spiro atoms. The summed E-state index contributed by atoms with van der Waals surface area (Å²) in [5.41, 5.74) is -0.639. The molecule has 1 fully saturated rings. The maximum absolute atomic E-state index is 10.9. The Morgan fingerprint density at radius 1 is 1.40 bits per heavy atom. The molecule has 1 aromatic rings. The van der Waals surface area contributed by atoms with Gasteiger partial charge < -0.3 is 9.84 Å². The third kappa shape index (κ3) is 2.23. The van der Waals surface area contributed by atoms with Crippen molar-refractivity contribution in [2.45, 2.75) is 12.8 Å². The first-order chi connectivity index (χ1) is 7.12. The molecule has 0 atom stereocenters. The van der Waals surface area contributed by atoms with Gasteiger partial charge in [-0.25, -0.2) is 0 Å². The number of benzene rings is 1. The van der Waals surface area contributed by atoms with Crippen LogP contribution < -0.4 is 4.74 Å². The molecular formula is C11H11ClO3. The number of halogens is 1. The van der Waals surface area contributed by atoms with Gasteiger partial charge in [-0.3, -0.25) is 4.79 Å². The molecule has 1 aromatic carbocycles. The third-order valence-electron chi connectivity index (χ3n) is 2.64. The van der Waals surface area contributed by atoms with Gasteiger partial charge in [0, 0.05) is 5.02 Å². The SMILES string of the molecule is O=C(O)C1(COc2ccc(Cl)cc2)CC1. The van der Waals surface area contributed by atoms with Crippen LogP contribution in [0.4, 0.5) is 0 Å². The van der Waals surface area contributed by atoms with Crippen molar-refractivity contribution in [2.75, 3.05) is 6.61 Å². The van der Waals surface area contributed by atoms with E-state index < -0.39 is 11.4 Å². The van der Waals surface area contributed by atoms with Crippen molar-refractivity contribution in [1.82, 2.24) is 0 Å². The second kappa shape index (κ2) is 3.74. The van der Waals surface area contributed by atoms with Crippen molar-refractivity contribution in [1.29, 1.82) is 0 Å². The van der Waals surface area contributed by atoms with Crippen molar-refractivity contribution in [2.24, 2.45) is 5.41 Å². The van der Waals surface area contributed by atoms with Gasteiger partial charge in [-0.1, -0.05) is 11.6 Å². The molecule has 15 heavy (non-hydrogen) atoms. The highest BCUT2D eigenvalue weighted by atomic mass is 35.5. The zero-order valence-electron chi connectivity index (χ0n) is 8.07. The van der Waals surface area contributed by atoms with Crippen LogP contribution in [0.3, 0.4) is 0 Å². The van der Waals surface area contributed by atoms with Gasteiger partial charge in [-0.05, 0) is 37.1 Å². The Hall–Kier alpha value is -1.22. The summed E-state index contributed by atoms with van der Waals surface area (Å²) in [6.07, 6.45) is 1.41. The van der Waals surface area contributed by atoms with E-state index in [2.05, 4.69) is 0 Å². The molecule has 0 aromatic heterocycles. The minimum absolute atomic E-state index is 0.240. The highest BCUT2D eigenvalue weighted by Crippen LogP contribution is 2.46. The lowest BCUT2D eigenvalue weighted by molar-refractivity contribution is -0.144. The fourth-order valence-electron chi connectivity index (χ4n) is 1.32. The minimum Gasteiger partial charge on any atom is -0.492 e. The Morgan fingerprint density at radius 2 is 2.00 bits per heavy atom. The second-order valence-electron chi connectivity index (χ2n) is 3.83. The summed E-state index contributed by atoms with van der Waals surface area (Å²) >= 11 is 5.71. The summed E-state index contributed by atoms with van der Waals surface area (Å²) in [6.45, 7) is 0.240. The van der Waals surface area contributed by atoms with Crippen LogP contribution in [0, 0.1) is 5.41 Å². The van der Waals surface area contributed by atoms with Crippen LogP contribution in [0.25, 0.3) is 0 Å². The normalized spacial score (nSPS) is 17.1. The zero-order chi connectivity index (χ0) is 10.9. The molecule has 4 heteroatoms. The molecule has 0 radical (unpaired) electrons. The van der Waals surface area contributed by atoms with E-state index in [0.717, 1.165) is 0 Å². The average Bonchev–Trinajstić information content (AvgIpc) is 2.98. The molecule has 1 aliphatic rings. The number of ether oxygens (including phenoxy) is 1. The van der Waals surface area contributed by atoms with Crippen LogP contribution in [-0.4, -0.2) is 17.7 Å². The molecule has 0 unspecified atom stereocenters. The van der Waals surface area contributed by atoms with Gasteiger partial charge >= 0.3 is 5.97 Å². The van der Waals surface area contributed by atoms with E-state index in [1.807, 2.05) is 0 Å². The molecule has 0 aliphatic heterocycles. The van der Waals surface area contributed by atoms with Crippen molar-refractivity contribution < 1.29 is 14.6 Å². The summed E-state index contributed by atoms with van der Waals surface area (Å²) in [5.74, 6) is -0.108. The smallest absolute Gasteiger partial charge is 0.313 e. The van der Waals surface area contributed by atoms with Crippen LogP contribution in [-0.2, 0) is 4.79 Å². The molecule has 1 saturated carbocycles. The summed E-state index contributed by atoms with van der Waals surface area (Å²) in [4.78, 5) is 10.9. The fraction of sp³-hybridized carbons (Fsp3) is 0.364. The van der Waals surface area contributed by atoms with E-state index in [9.17, 15) is 4.79 Å². The third-order valence-corrected chi connectivity index (χ3v) is 2.89. The zero-order valence-corrected chi connectivity index (χ0v) is 8.83. The lowest BCUT2D eigenvalue weighted by Gasteiger charge is -2.11. The van der Waals surface area contributed by atoms with E-state index in [0.29, 0.717) is 23.6 Å². The predicted octanol–water partition coefficient (Wildman–Crippen LogP) is 2.58. The summed E-state index contributed by atoms with van der Waals surface area (Å²) in [7, 11) is 0. The number of aliphatic carboxylic acids is 1. The molecule has 1 N–H and O–H groups in total. The highest BCUT2D eigenvalue weighted by Gasteiger charge is 2.51. The van der Waals surface area contributed by atoms with Crippen molar-refractivity contribution in [3.8, 4) is 5.75 Å². The number of rotatable bonds is 4. The van der Waals surface area contributed by atoms with Crippen LogP contribution in [0.1, 0.15) is 12.8 Å². The fourth-order valence-corrected chi connectivity index (χ4v) is 1.45. The maximum Gasteiger partial charge on any atom is 0.313 e. The Kier molecular flexibility index (Phi) is 2.57. The quantitative estimate of drug-likeness (QED) is 0.859. The van der Waals surface area contributed by atoms with Crippen molar-refractivity contribution in [3.05, 3.63) is 29.3 Å². The van der Waals surface area contributed by atoms with Gasteiger partial charge in [0.1, 0.15) is 17.8 Å². The first-order valence-corrected chi connectivity index (χ1v) is 5.12.